The molecule has 0 spiro atoms. The van der Waals surface area contributed by atoms with Crippen LogP contribution in [0.2, 0.25) is 0 Å². The highest BCUT2D eigenvalue weighted by atomic mass is 16.5. The van der Waals surface area contributed by atoms with E-state index in [0.29, 0.717) is 23.4 Å². The molecule has 0 bridgehead atoms. The minimum Gasteiger partial charge on any atom is -0.494 e. The van der Waals surface area contributed by atoms with Gasteiger partial charge in [0.2, 0.25) is 0 Å². The van der Waals surface area contributed by atoms with Crippen LogP contribution >= 0.6 is 0 Å². The summed E-state index contributed by atoms with van der Waals surface area (Å²) in [5, 5.41) is 2.78. The van der Waals surface area contributed by atoms with Crippen molar-refractivity contribution in [2.45, 2.75) is 26.9 Å². The van der Waals surface area contributed by atoms with Gasteiger partial charge in [0.15, 0.2) is 0 Å². The largest absolute Gasteiger partial charge is 0.494 e. The number of ether oxygens (including phenoxy) is 2. The molecule has 0 saturated carbocycles. The standard InChI is InChI=1S/C19H21NO4/c1-4-23-17-11-7-14(8-12-17)18(21)20-16-9-5-15(6-10-16)19(22)24-13(2)3/h5-13H,4H2,1-3H3,(H,20,21). The zero-order chi connectivity index (χ0) is 17.5. The highest BCUT2D eigenvalue weighted by Crippen LogP contribution is 2.15. The number of amides is 1. The average molecular weight is 327 g/mol. The molecule has 5 nitrogen and oxygen atoms in total. The third-order valence-corrected chi connectivity index (χ3v) is 3.15. The Labute approximate surface area is 141 Å². The summed E-state index contributed by atoms with van der Waals surface area (Å²) in [6, 6.07) is 13.5. The van der Waals surface area contributed by atoms with Crippen LogP contribution in [0.3, 0.4) is 0 Å². The molecule has 0 atom stereocenters. The lowest BCUT2D eigenvalue weighted by Gasteiger charge is -2.09. The second kappa shape index (κ2) is 8.15. The van der Waals surface area contributed by atoms with Crippen LogP contribution in [-0.2, 0) is 4.74 Å². The molecule has 0 fully saturated rings. The first-order valence-electron chi connectivity index (χ1n) is 7.85. The smallest absolute Gasteiger partial charge is 0.338 e. The van der Waals surface area contributed by atoms with Crippen molar-refractivity contribution in [3.63, 3.8) is 0 Å². The van der Waals surface area contributed by atoms with Gasteiger partial charge in [-0.2, -0.15) is 0 Å². The number of anilines is 1. The third kappa shape index (κ3) is 4.84. The van der Waals surface area contributed by atoms with E-state index in [1.165, 1.54) is 0 Å². The van der Waals surface area contributed by atoms with Gasteiger partial charge >= 0.3 is 5.97 Å². The first-order chi connectivity index (χ1) is 11.5. The molecule has 0 aliphatic heterocycles. The Balaban J connectivity index is 2.00. The first kappa shape index (κ1) is 17.5. The van der Waals surface area contributed by atoms with Crippen molar-refractivity contribution >= 4 is 17.6 Å². The van der Waals surface area contributed by atoms with Gasteiger partial charge in [-0.3, -0.25) is 4.79 Å². The molecule has 0 radical (unpaired) electrons. The maximum atomic E-state index is 12.2. The number of hydrogen-bond acceptors (Lipinski definition) is 4. The summed E-state index contributed by atoms with van der Waals surface area (Å²) in [5.41, 5.74) is 1.58. The van der Waals surface area contributed by atoms with Gasteiger partial charge in [0.25, 0.3) is 5.91 Å². The van der Waals surface area contributed by atoms with E-state index in [4.69, 9.17) is 9.47 Å². The molecular formula is C19H21NO4. The van der Waals surface area contributed by atoms with E-state index in [2.05, 4.69) is 5.32 Å². The van der Waals surface area contributed by atoms with E-state index in [1.54, 1.807) is 62.4 Å². The van der Waals surface area contributed by atoms with E-state index in [1.807, 2.05) is 6.92 Å². The van der Waals surface area contributed by atoms with Gasteiger partial charge in [-0.15, -0.1) is 0 Å². The summed E-state index contributed by atoms with van der Waals surface area (Å²) in [7, 11) is 0. The lowest BCUT2D eigenvalue weighted by Crippen LogP contribution is -2.13. The van der Waals surface area contributed by atoms with Crippen molar-refractivity contribution in [3.05, 3.63) is 59.7 Å². The van der Waals surface area contributed by atoms with Crippen molar-refractivity contribution in [1.82, 2.24) is 0 Å². The van der Waals surface area contributed by atoms with Gasteiger partial charge in [-0.05, 0) is 69.3 Å². The summed E-state index contributed by atoms with van der Waals surface area (Å²) >= 11 is 0. The van der Waals surface area contributed by atoms with Crippen molar-refractivity contribution in [1.29, 1.82) is 0 Å². The summed E-state index contributed by atoms with van der Waals surface area (Å²) in [6.07, 6.45) is -0.170. The van der Waals surface area contributed by atoms with Crippen molar-refractivity contribution in [2.75, 3.05) is 11.9 Å². The fraction of sp³-hybridized carbons (Fsp3) is 0.263. The molecule has 1 amide bonds. The predicted molar refractivity (Wildman–Crippen MR) is 92.6 cm³/mol. The zero-order valence-corrected chi connectivity index (χ0v) is 14.0. The fourth-order valence-corrected chi connectivity index (χ4v) is 2.04. The Morgan fingerprint density at radius 1 is 0.958 bits per heavy atom. The molecule has 0 aromatic heterocycles. The second-order valence-electron chi connectivity index (χ2n) is 5.44. The maximum Gasteiger partial charge on any atom is 0.338 e. The number of carbonyl (C=O) groups is 2. The van der Waals surface area contributed by atoms with E-state index in [9.17, 15) is 9.59 Å². The van der Waals surface area contributed by atoms with E-state index in [0.717, 1.165) is 5.75 Å². The number of hydrogen-bond donors (Lipinski definition) is 1. The Morgan fingerprint density at radius 3 is 2.08 bits per heavy atom. The summed E-state index contributed by atoms with van der Waals surface area (Å²) < 4.78 is 10.5. The van der Waals surface area contributed by atoms with Crippen LogP contribution in [0.15, 0.2) is 48.5 Å². The topological polar surface area (TPSA) is 64.6 Å². The zero-order valence-electron chi connectivity index (χ0n) is 14.0. The van der Waals surface area contributed by atoms with Crippen molar-refractivity contribution in [2.24, 2.45) is 0 Å². The quantitative estimate of drug-likeness (QED) is 0.817. The first-order valence-corrected chi connectivity index (χ1v) is 7.85. The molecule has 1 N–H and O–H groups in total. The van der Waals surface area contributed by atoms with Gasteiger partial charge in [0.1, 0.15) is 5.75 Å². The van der Waals surface area contributed by atoms with E-state index in [-0.39, 0.29) is 18.0 Å². The summed E-state index contributed by atoms with van der Waals surface area (Å²) in [5.74, 6) is 0.118. The molecule has 24 heavy (non-hydrogen) atoms. The maximum absolute atomic E-state index is 12.2. The third-order valence-electron chi connectivity index (χ3n) is 3.15. The molecule has 0 unspecified atom stereocenters. The minimum atomic E-state index is -0.380. The van der Waals surface area contributed by atoms with Crippen molar-refractivity contribution in [3.8, 4) is 5.75 Å². The van der Waals surface area contributed by atoms with Gasteiger partial charge in [-0.1, -0.05) is 0 Å². The number of carbonyl (C=O) groups excluding carboxylic acids is 2. The van der Waals surface area contributed by atoms with Crippen LogP contribution < -0.4 is 10.1 Å². The Bertz CT molecular complexity index is 690. The summed E-state index contributed by atoms with van der Waals surface area (Å²) in [6.45, 7) is 6.07. The van der Waals surface area contributed by atoms with Gasteiger partial charge in [0.05, 0.1) is 18.3 Å². The van der Waals surface area contributed by atoms with Crippen LogP contribution in [0.5, 0.6) is 5.75 Å². The minimum absolute atomic E-state index is 0.170. The lowest BCUT2D eigenvalue weighted by atomic mass is 10.1. The highest BCUT2D eigenvalue weighted by Gasteiger charge is 2.10. The van der Waals surface area contributed by atoms with Gasteiger partial charge < -0.3 is 14.8 Å². The van der Waals surface area contributed by atoms with Crippen molar-refractivity contribution < 1.29 is 19.1 Å². The fourth-order valence-electron chi connectivity index (χ4n) is 2.04. The average Bonchev–Trinajstić information content (AvgIpc) is 2.56. The number of benzene rings is 2. The molecular weight excluding hydrogens is 306 g/mol. The Kier molecular flexibility index (Phi) is 5.95. The van der Waals surface area contributed by atoms with Crippen LogP contribution in [0, 0.1) is 0 Å². The molecule has 0 saturated heterocycles. The van der Waals surface area contributed by atoms with E-state index >= 15 is 0 Å². The van der Waals surface area contributed by atoms with Gasteiger partial charge in [0, 0.05) is 11.3 Å². The van der Waals surface area contributed by atoms with E-state index < -0.39 is 0 Å². The Hall–Kier alpha value is -2.82. The molecule has 0 aliphatic rings. The molecule has 5 heteroatoms. The highest BCUT2D eigenvalue weighted by molar-refractivity contribution is 6.04. The molecule has 0 aliphatic carbocycles. The monoisotopic (exact) mass is 327 g/mol. The molecule has 2 aromatic rings. The second-order valence-corrected chi connectivity index (χ2v) is 5.44. The Morgan fingerprint density at radius 2 is 1.54 bits per heavy atom. The predicted octanol–water partition coefficient (Wildman–Crippen LogP) is 3.90. The lowest BCUT2D eigenvalue weighted by molar-refractivity contribution is 0.0378. The number of rotatable bonds is 6. The summed E-state index contributed by atoms with van der Waals surface area (Å²) in [4.78, 5) is 24.0. The van der Waals surface area contributed by atoms with Gasteiger partial charge in [-0.25, -0.2) is 4.79 Å². The molecule has 2 aromatic carbocycles. The number of esters is 1. The van der Waals surface area contributed by atoms with Crippen LogP contribution in [0.25, 0.3) is 0 Å². The van der Waals surface area contributed by atoms with Crippen LogP contribution in [0.1, 0.15) is 41.5 Å². The number of nitrogens with one attached hydrogen (secondary N) is 1. The SMILES string of the molecule is CCOc1ccc(C(=O)Nc2ccc(C(=O)OC(C)C)cc2)cc1. The van der Waals surface area contributed by atoms with Crippen LogP contribution in [0.4, 0.5) is 5.69 Å². The molecule has 126 valence electrons. The molecule has 0 heterocycles. The normalized spacial score (nSPS) is 10.3. The van der Waals surface area contributed by atoms with Crippen LogP contribution in [-0.4, -0.2) is 24.6 Å². The molecule has 2 rings (SSSR count).